The minimum Gasteiger partial charge on any atom is -0.357 e. The quantitative estimate of drug-likeness (QED) is 0.284. The molecule has 0 unspecified atom stereocenters. The summed E-state index contributed by atoms with van der Waals surface area (Å²) in [6, 6.07) is 8.24. The van der Waals surface area contributed by atoms with Crippen LogP contribution in [-0.2, 0) is 6.54 Å². The molecule has 6 heteroatoms. The zero-order chi connectivity index (χ0) is 16.5. The number of hydrogen-bond acceptors (Lipinski definition) is 2. The Morgan fingerprint density at radius 1 is 1.25 bits per heavy atom. The molecular formula is C18H30IN5. The first kappa shape index (κ1) is 20.7. The van der Waals surface area contributed by atoms with Crippen LogP contribution in [0.5, 0.6) is 0 Å². The van der Waals surface area contributed by atoms with Gasteiger partial charge >= 0.3 is 0 Å². The molecule has 24 heavy (non-hydrogen) atoms. The van der Waals surface area contributed by atoms with Crippen molar-refractivity contribution in [2.75, 3.05) is 19.6 Å². The number of guanidine groups is 1. The van der Waals surface area contributed by atoms with E-state index in [4.69, 9.17) is 0 Å². The Kier molecular flexibility index (Phi) is 9.75. The highest BCUT2D eigenvalue weighted by molar-refractivity contribution is 14.0. The van der Waals surface area contributed by atoms with Crippen molar-refractivity contribution in [2.24, 2.45) is 10.9 Å². The molecule has 2 aromatic rings. The molecule has 1 aromatic heterocycles. The van der Waals surface area contributed by atoms with Crippen LogP contribution in [0.15, 0.2) is 35.6 Å². The first-order valence-electron chi connectivity index (χ1n) is 8.62. The van der Waals surface area contributed by atoms with Gasteiger partial charge in [0.25, 0.3) is 0 Å². The number of benzene rings is 1. The molecule has 0 saturated heterocycles. The zero-order valence-electron chi connectivity index (χ0n) is 15.0. The Bertz CT molecular complexity index is 621. The predicted molar refractivity (Wildman–Crippen MR) is 113 cm³/mol. The van der Waals surface area contributed by atoms with Crippen LogP contribution < -0.4 is 10.6 Å². The lowest BCUT2D eigenvalue weighted by Crippen LogP contribution is -2.38. The smallest absolute Gasteiger partial charge is 0.191 e. The predicted octanol–water partition coefficient (Wildman–Crippen LogP) is 3.65. The second-order valence-electron chi connectivity index (χ2n) is 6.15. The van der Waals surface area contributed by atoms with Crippen LogP contribution in [0.3, 0.4) is 0 Å². The molecule has 0 saturated carbocycles. The van der Waals surface area contributed by atoms with Crippen LogP contribution in [0.4, 0.5) is 0 Å². The number of aryl methyl sites for hydroxylation is 1. The summed E-state index contributed by atoms with van der Waals surface area (Å²) in [6.45, 7) is 10.2. The Hall–Kier alpha value is -1.31. The molecule has 2 N–H and O–H groups in total. The highest BCUT2D eigenvalue weighted by Crippen LogP contribution is 2.11. The summed E-state index contributed by atoms with van der Waals surface area (Å²) in [4.78, 5) is 9.07. The van der Waals surface area contributed by atoms with Gasteiger partial charge in [0, 0.05) is 26.2 Å². The molecule has 0 spiro atoms. The van der Waals surface area contributed by atoms with Crippen molar-refractivity contribution < 1.29 is 0 Å². The van der Waals surface area contributed by atoms with Gasteiger partial charge in [-0.25, -0.2) is 4.98 Å². The molecule has 0 aliphatic rings. The van der Waals surface area contributed by atoms with E-state index in [9.17, 15) is 0 Å². The summed E-state index contributed by atoms with van der Waals surface area (Å²) < 4.78 is 2.20. The lowest BCUT2D eigenvalue weighted by Gasteiger charge is -2.12. The van der Waals surface area contributed by atoms with Crippen LogP contribution in [0.2, 0.25) is 0 Å². The molecule has 0 aliphatic carbocycles. The van der Waals surface area contributed by atoms with Crippen LogP contribution in [-0.4, -0.2) is 35.1 Å². The number of nitrogens with one attached hydrogen (secondary N) is 2. The molecule has 0 radical (unpaired) electrons. The monoisotopic (exact) mass is 443 g/mol. The number of para-hydroxylation sites is 2. The van der Waals surface area contributed by atoms with Gasteiger partial charge in [-0.05, 0) is 37.8 Å². The van der Waals surface area contributed by atoms with E-state index in [1.54, 1.807) is 0 Å². The SMILES string of the molecule is CCNC(=NCCCn1cnc2ccccc21)NCCC(C)C.I. The topological polar surface area (TPSA) is 54.2 Å². The summed E-state index contributed by atoms with van der Waals surface area (Å²) >= 11 is 0. The van der Waals surface area contributed by atoms with Crippen LogP contribution in [0, 0.1) is 5.92 Å². The van der Waals surface area contributed by atoms with Gasteiger partial charge in [0.05, 0.1) is 17.4 Å². The van der Waals surface area contributed by atoms with E-state index in [2.05, 4.69) is 58.1 Å². The summed E-state index contributed by atoms with van der Waals surface area (Å²) in [5.41, 5.74) is 2.25. The average Bonchev–Trinajstić information content (AvgIpc) is 2.94. The molecule has 0 bridgehead atoms. The highest BCUT2D eigenvalue weighted by Gasteiger charge is 2.01. The van der Waals surface area contributed by atoms with Crippen molar-refractivity contribution in [3.63, 3.8) is 0 Å². The number of fused-ring (bicyclic) bond motifs is 1. The van der Waals surface area contributed by atoms with Gasteiger partial charge in [-0.3, -0.25) is 4.99 Å². The number of halogens is 1. The first-order chi connectivity index (χ1) is 11.2. The van der Waals surface area contributed by atoms with Crippen molar-refractivity contribution in [2.45, 2.75) is 40.2 Å². The Labute approximate surface area is 162 Å². The van der Waals surface area contributed by atoms with E-state index in [0.717, 1.165) is 50.5 Å². The third kappa shape index (κ3) is 6.67. The number of aliphatic imine (C=N–C) groups is 1. The van der Waals surface area contributed by atoms with E-state index in [1.165, 1.54) is 5.52 Å². The Balaban J connectivity index is 0.00000288. The van der Waals surface area contributed by atoms with Crippen LogP contribution in [0.25, 0.3) is 11.0 Å². The van der Waals surface area contributed by atoms with Crippen molar-refractivity contribution in [3.8, 4) is 0 Å². The number of hydrogen-bond donors (Lipinski definition) is 2. The van der Waals surface area contributed by atoms with Crippen LogP contribution >= 0.6 is 24.0 Å². The van der Waals surface area contributed by atoms with E-state index in [1.807, 2.05) is 18.5 Å². The number of nitrogens with zero attached hydrogens (tertiary/aromatic N) is 3. The summed E-state index contributed by atoms with van der Waals surface area (Å²) in [6.07, 6.45) is 4.08. The maximum absolute atomic E-state index is 4.65. The van der Waals surface area contributed by atoms with Crippen molar-refractivity contribution in [1.82, 2.24) is 20.2 Å². The molecule has 0 aliphatic heterocycles. The Morgan fingerprint density at radius 2 is 2.04 bits per heavy atom. The molecule has 1 heterocycles. The lowest BCUT2D eigenvalue weighted by atomic mass is 10.1. The largest absolute Gasteiger partial charge is 0.357 e. The molecule has 1 aromatic carbocycles. The second kappa shape index (κ2) is 11.3. The standard InChI is InChI=1S/C18H29N5.HI/c1-4-19-18(21-12-10-15(2)3)20-11-7-13-23-14-22-16-8-5-6-9-17(16)23;/h5-6,8-9,14-15H,4,7,10-13H2,1-3H3,(H2,19,20,21);1H. The van der Waals surface area contributed by atoms with Gasteiger partial charge in [0.2, 0.25) is 0 Å². The number of rotatable bonds is 8. The molecule has 0 atom stereocenters. The normalized spacial score (nSPS) is 11.6. The fraction of sp³-hybridized carbons (Fsp3) is 0.556. The van der Waals surface area contributed by atoms with Gasteiger partial charge in [0.1, 0.15) is 0 Å². The summed E-state index contributed by atoms with van der Waals surface area (Å²) in [5.74, 6) is 1.63. The highest BCUT2D eigenvalue weighted by atomic mass is 127. The second-order valence-corrected chi connectivity index (χ2v) is 6.15. The number of aromatic nitrogens is 2. The van der Waals surface area contributed by atoms with Crippen molar-refractivity contribution >= 4 is 41.0 Å². The summed E-state index contributed by atoms with van der Waals surface area (Å²) in [7, 11) is 0. The fourth-order valence-electron chi connectivity index (χ4n) is 2.44. The van der Waals surface area contributed by atoms with E-state index >= 15 is 0 Å². The van der Waals surface area contributed by atoms with Gasteiger partial charge in [0.15, 0.2) is 5.96 Å². The minimum absolute atomic E-state index is 0. The third-order valence-corrected chi connectivity index (χ3v) is 3.71. The average molecular weight is 443 g/mol. The molecule has 2 rings (SSSR count). The summed E-state index contributed by atoms with van der Waals surface area (Å²) in [5, 5.41) is 6.69. The van der Waals surface area contributed by atoms with Gasteiger partial charge in [-0.2, -0.15) is 0 Å². The maximum atomic E-state index is 4.65. The molecular weight excluding hydrogens is 413 g/mol. The van der Waals surface area contributed by atoms with E-state index in [0.29, 0.717) is 5.92 Å². The van der Waals surface area contributed by atoms with Crippen molar-refractivity contribution in [3.05, 3.63) is 30.6 Å². The first-order valence-corrected chi connectivity index (χ1v) is 8.62. The van der Waals surface area contributed by atoms with Gasteiger partial charge in [-0.1, -0.05) is 26.0 Å². The minimum atomic E-state index is 0. The molecule has 0 amide bonds. The molecule has 134 valence electrons. The zero-order valence-corrected chi connectivity index (χ0v) is 17.3. The fourth-order valence-corrected chi connectivity index (χ4v) is 2.44. The molecule has 5 nitrogen and oxygen atoms in total. The third-order valence-electron chi connectivity index (χ3n) is 3.71. The van der Waals surface area contributed by atoms with Gasteiger partial charge in [-0.15, -0.1) is 24.0 Å². The van der Waals surface area contributed by atoms with Crippen LogP contribution in [0.1, 0.15) is 33.6 Å². The maximum Gasteiger partial charge on any atom is 0.191 e. The van der Waals surface area contributed by atoms with Gasteiger partial charge < -0.3 is 15.2 Å². The lowest BCUT2D eigenvalue weighted by molar-refractivity contribution is 0.573. The molecule has 0 fully saturated rings. The van der Waals surface area contributed by atoms with E-state index < -0.39 is 0 Å². The van der Waals surface area contributed by atoms with E-state index in [-0.39, 0.29) is 24.0 Å². The van der Waals surface area contributed by atoms with Crippen molar-refractivity contribution in [1.29, 1.82) is 0 Å². The number of imidazole rings is 1. The Morgan fingerprint density at radius 3 is 2.79 bits per heavy atom.